The number of nitrogens with two attached hydrogens (primary N) is 1. The van der Waals surface area contributed by atoms with E-state index in [0.29, 0.717) is 22.3 Å². The van der Waals surface area contributed by atoms with Gasteiger partial charge in [-0.1, -0.05) is 24.3 Å². The van der Waals surface area contributed by atoms with E-state index in [-0.39, 0.29) is 22.7 Å². The number of hydrogen-bond donors (Lipinski definition) is 2. The smallest absolute Gasteiger partial charge is 0.158 e. The van der Waals surface area contributed by atoms with Crippen molar-refractivity contribution in [3.63, 3.8) is 0 Å². The number of aromatic nitrogens is 2. The Labute approximate surface area is 142 Å². The molecule has 0 saturated carbocycles. The first-order valence-electron chi connectivity index (χ1n) is 7.48. The maximum absolute atomic E-state index is 9.78. The highest BCUT2D eigenvalue weighted by atomic mass is 16.3. The lowest BCUT2D eigenvalue weighted by Gasteiger charge is -2.12. The molecule has 0 bridgehead atoms. The van der Waals surface area contributed by atoms with E-state index in [1.807, 2.05) is 24.3 Å². The van der Waals surface area contributed by atoms with Gasteiger partial charge in [-0.25, -0.2) is 4.98 Å². The molecule has 0 aliphatic carbocycles. The lowest BCUT2D eigenvalue weighted by molar-refractivity contribution is 0.475. The quantitative estimate of drug-likeness (QED) is 0.558. The molecule has 4 rings (SSSR count). The van der Waals surface area contributed by atoms with Gasteiger partial charge in [0.15, 0.2) is 5.65 Å². The van der Waals surface area contributed by atoms with Crippen molar-refractivity contribution in [3.05, 3.63) is 59.7 Å². The van der Waals surface area contributed by atoms with Crippen LogP contribution in [0.15, 0.2) is 48.5 Å². The van der Waals surface area contributed by atoms with E-state index in [9.17, 15) is 15.6 Å². The molecule has 6 nitrogen and oxygen atoms in total. The van der Waals surface area contributed by atoms with Crippen molar-refractivity contribution < 1.29 is 5.11 Å². The average molecular weight is 325 g/mol. The van der Waals surface area contributed by atoms with Crippen molar-refractivity contribution in [2.45, 2.75) is 0 Å². The summed E-state index contributed by atoms with van der Waals surface area (Å²) in [7, 11) is 0. The fraction of sp³-hybridized carbons (Fsp3) is 0. The third kappa shape index (κ3) is 1.99. The van der Waals surface area contributed by atoms with Gasteiger partial charge >= 0.3 is 0 Å². The molecule has 2 heterocycles. The third-order valence-electron chi connectivity index (χ3n) is 4.14. The van der Waals surface area contributed by atoms with E-state index in [0.717, 1.165) is 5.52 Å². The molecule has 4 aromatic rings. The Bertz CT molecular complexity index is 1240. The number of phenols is 1. The number of pyridine rings is 1. The highest BCUT2D eigenvalue weighted by Crippen LogP contribution is 2.36. The van der Waals surface area contributed by atoms with Gasteiger partial charge in [-0.2, -0.15) is 10.5 Å². The summed E-state index contributed by atoms with van der Waals surface area (Å²) in [4.78, 5) is 4.52. The molecule has 25 heavy (non-hydrogen) atoms. The molecular weight excluding hydrogens is 314 g/mol. The maximum atomic E-state index is 9.78. The Morgan fingerprint density at radius 1 is 1.00 bits per heavy atom. The number of phenolic OH excluding ortho intramolecular Hbond substituents is 1. The monoisotopic (exact) mass is 325 g/mol. The van der Waals surface area contributed by atoms with Gasteiger partial charge < -0.3 is 10.8 Å². The summed E-state index contributed by atoms with van der Waals surface area (Å²) in [5.41, 5.74) is 9.40. The first-order chi connectivity index (χ1) is 12.2. The number of hydrogen-bond acceptors (Lipinski definition) is 5. The normalized spacial score (nSPS) is 10.6. The van der Waals surface area contributed by atoms with Crippen molar-refractivity contribution in [3.8, 4) is 29.0 Å². The number of benzene rings is 2. The van der Waals surface area contributed by atoms with Gasteiger partial charge in [0.05, 0.1) is 11.0 Å². The van der Waals surface area contributed by atoms with Gasteiger partial charge in [0.25, 0.3) is 0 Å². The molecular formula is C19H11N5O. The lowest BCUT2D eigenvalue weighted by Crippen LogP contribution is -2.05. The number of anilines is 1. The second-order valence-corrected chi connectivity index (χ2v) is 5.54. The number of nitrogen functional groups attached to an aromatic ring is 1. The molecule has 0 unspecified atom stereocenters. The Morgan fingerprint density at radius 3 is 2.48 bits per heavy atom. The minimum atomic E-state index is 0.0391. The molecule has 0 spiro atoms. The SMILES string of the molecule is N#Cc1c(-c2cccc(O)c2)c(C#N)c2nc3ccccc3n2c1N. The zero-order valence-corrected chi connectivity index (χ0v) is 12.9. The Morgan fingerprint density at radius 2 is 1.76 bits per heavy atom. The predicted octanol–water partition coefficient (Wildman–Crippen LogP) is 3.19. The molecule has 0 saturated heterocycles. The number of imidazole rings is 1. The first-order valence-corrected chi connectivity index (χ1v) is 7.48. The Hall–Kier alpha value is -4.03. The Balaban J connectivity index is 2.26. The van der Waals surface area contributed by atoms with Crippen LogP contribution in [0.4, 0.5) is 5.82 Å². The summed E-state index contributed by atoms with van der Waals surface area (Å²) < 4.78 is 1.62. The van der Waals surface area contributed by atoms with E-state index in [1.54, 1.807) is 16.5 Å². The van der Waals surface area contributed by atoms with Crippen molar-refractivity contribution in [1.82, 2.24) is 9.38 Å². The first kappa shape index (κ1) is 14.6. The number of rotatable bonds is 1. The molecule has 6 heteroatoms. The zero-order valence-electron chi connectivity index (χ0n) is 12.9. The third-order valence-corrected chi connectivity index (χ3v) is 4.14. The van der Waals surface area contributed by atoms with Gasteiger partial charge in [0.1, 0.15) is 34.8 Å². The summed E-state index contributed by atoms with van der Waals surface area (Å²) in [5.74, 6) is 0.251. The van der Waals surface area contributed by atoms with Crippen LogP contribution in [-0.4, -0.2) is 14.5 Å². The summed E-state index contributed by atoms with van der Waals surface area (Å²) in [6.07, 6.45) is 0. The molecule has 3 N–H and O–H groups in total. The van der Waals surface area contributed by atoms with Gasteiger partial charge in [0.2, 0.25) is 0 Å². The van der Waals surface area contributed by atoms with Crippen molar-refractivity contribution in [2.24, 2.45) is 0 Å². The number of nitrogens with zero attached hydrogens (tertiary/aromatic N) is 4. The van der Waals surface area contributed by atoms with Gasteiger partial charge in [-0.15, -0.1) is 0 Å². The molecule has 0 fully saturated rings. The molecule has 0 aliphatic rings. The lowest BCUT2D eigenvalue weighted by atomic mass is 9.96. The summed E-state index contributed by atoms with van der Waals surface area (Å²) >= 11 is 0. The van der Waals surface area contributed by atoms with E-state index < -0.39 is 0 Å². The minimum Gasteiger partial charge on any atom is -0.508 e. The minimum absolute atomic E-state index is 0.0391. The van der Waals surface area contributed by atoms with Crippen LogP contribution in [-0.2, 0) is 0 Å². The summed E-state index contributed by atoms with van der Waals surface area (Å²) in [5, 5.41) is 29.2. The number of fused-ring (bicyclic) bond motifs is 3. The van der Waals surface area contributed by atoms with E-state index in [4.69, 9.17) is 5.73 Å². The van der Waals surface area contributed by atoms with Crippen LogP contribution in [0.1, 0.15) is 11.1 Å². The molecule has 0 aliphatic heterocycles. The van der Waals surface area contributed by atoms with Crippen LogP contribution in [0.25, 0.3) is 27.8 Å². The summed E-state index contributed by atoms with van der Waals surface area (Å²) in [6, 6.07) is 18.0. The fourth-order valence-electron chi connectivity index (χ4n) is 3.08. The van der Waals surface area contributed by atoms with E-state index in [2.05, 4.69) is 17.1 Å². The van der Waals surface area contributed by atoms with Crippen molar-refractivity contribution in [1.29, 1.82) is 10.5 Å². The standard InChI is InChI=1S/C19H11N5O/c20-9-13-17(11-4-3-5-12(25)8-11)14(10-21)19-23-15-6-1-2-7-16(15)24(19)18(13)22/h1-8,25H,22H2. The maximum Gasteiger partial charge on any atom is 0.158 e. The average Bonchev–Trinajstić information content (AvgIpc) is 3.01. The van der Waals surface area contributed by atoms with Gasteiger partial charge in [-0.05, 0) is 29.8 Å². The van der Waals surface area contributed by atoms with Crippen LogP contribution < -0.4 is 5.73 Å². The van der Waals surface area contributed by atoms with Gasteiger partial charge in [-0.3, -0.25) is 4.40 Å². The summed E-state index contributed by atoms with van der Waals surface area (Å²) in [6.45, 7) is 0. The highest BCUT2D eigenvalue weighted by molar-refractivity contribution is 5.92. The molecule has 118 valence electrons. The highest BCUT2D eigenvalue weighted by Gasteiger charge is 2.22. The number of aromatic hydroxyl groups is 1. The van der Waals surface area contributed by atoms with Crippen LogP contribution >= 0.6 is 0 Å². The second kappa shape index (κ2) is 5.26. The van der Waals surface area contributed by atoms with Crippen molar-refractivity contribution >= 4 is 22.5 Å². The number of para-hydroxylation sites is 2. The second-order valence-electron chi connectivity index (χ2n) is 5.54. The van der Waals surface area contributed by atoms with Crippen LogP contribution in [0.2, 0.25) is 0 Å². The molecule has 0 amide bonds. The molecule has 2 aromatic heterocycles. The van der Waals surface area contributed by atoms with E-state index in [1.165, 1.54) is 12.1 Å². The largest absolute Gasteiger partial charge is 0.508 e. The Kier molecular flexibility index (Phi) is 3.06. The fourth-order valence-corrected chi connectivity index (χ4v) is 3.08. The zero-order chi connectivity index (χ0) is 17.6. The van der Waals surface area contributed by atoms with Gasteiger partial charge in [0, 0.05) is 5.56 Å². The molecule has 2 aromatic carbocycles. The molecule has 0 radical (unpaired) electrons. The topological polar surface area (TPSA) is 111 Å². The van der Waals surface area contributed by atoms with Crippen molar-refractivity contribution in [2.75, 3.05) is 5.73 Å². The van der Waals surface area contributed by atoms with Crippen LogP contribution in [0.5, 0.6) is 5.75 Å². The number of nitriles is 2. The molecule has 0 atom stereocenters. The van der Waals surface area contributed by atoms with Crippen LogP contribution in [0, 0.1) is 22.7 Å². The van der Waals surface area contributed by atoms with Crippen LogP contribution in [0.3, 0.4) is 0 Å². The van der Waals surface area contributed by atoms with E-state index >= 15 is 0 Å². The predicted molar refractivity (Wildman–Crippen MR) is 93.6 cm³/mol.